The zero-order valence-corrected chi connectivity index (χ0v) is 9.84. The minimum Gasteiger partial charge on any atom is -0.371 e. The number of nitrogens with zero attached hydrogens (tertiary/aromatic N) is 1. The van der Waals surface area contributed by atoms with Crippen LogP contribution in [-0.2, 0) is 4.74 Å². The average molecular weight is 211 g/mol. The van der Waals surface area contributed by atoms with Crippen molar-refractivity contribution in [1.82, 2.24) is 10.6 Å². The van der Waals surface area contributed by atoms with Gasteiger partial charge in [0.2, 0.25) is 0 Å². The fourth-order valence-corrected chi connectivity index (χ4v) is 2.09. The van der Waals surface area contributed by atoms with E-state index in [1.807, 2.05) is 0 Å². The molecule has 0 aromatic heterocycles. The molecule has 2 aliphatic rings. The van der Waals surface area contributed by atoms with E-state index in [0.29, 0.717) is 12.1 Å². The van der Waals surface area contributed by atoms with E-state index in [1.54, 1.807) is 0 Å². The first-order valence-corrected chi connectivity index (χ1v) is 5.78. The van der Waals surface area contributed by atoms with Crippen LogP contribution in [0.3, 0.4) is 0 Å². The summed E-state index contributed by atoms with van der Waals surface area (Å²) in [4.78, 5) is 4.35. The summed E-state index contributed by atoms with van der Waals surface area (Å²) >= 11 is 0. The van der Waals surface area contributed by atoms with E-state index < -0.39 is 0 Å². The molecule has 4 heteroatoms. The highest BCUT2D eigenvalue weighted by Gasteiger charge is 2.31. The topological polar surface area (TPSA) is 45.7 Å². The molecule has 2 aliphatic heterocycles. The van der Waals surface area contributed by atoms with Crippen LogP contribution in [0.25, 0.3) is 0 Å². The first-order chi connectivity index (χ1) is 7.05. The van der Waals surface area contributed by atoms with Gasteiger partial charge in [0.15, 0.2) is 5.96 Å². The quantitative estimate of drug-likeness (QED) is 0.713. The first-order valence-electron chi connectivity index (χ1n) is 5.78. The Hall–Kier alpha value is -0.770. The number of ether oxygens (including phenoxy) is 1. The van der Waals surface area contributed by atoms with E-state index in [4.69, 9.17) is 4.74 Å². The van der Waals surface area contributed by atoms with Crippen molar-refractivity contribution < 1.29 is 4.74 Å². The largest absolute Gasteiger partial charge is 0.371 e. The van der Waals surface area contributed by atoms with Crippen LogP contribution in [0.1, 0.15) is 33.6 Å². The average Bonchev–Trinajstić information content (AvgIpc) is 2.69. The molecular weight excluding hydrogens is 190 g/mol. The van der Waals surface area contributed by atoms with Crippen molar-refractivity contribution in [2.75, 3.05) is 13.1 Å². The third kappa shape index (κ3) is 2.84. The van der Waals surface area contributed by atoms with Gasteiger partial charge in [-0.1, -0.05) is 0 Å². The van der Waals surface area contributed by atoms with Crippen LogP contribution in [0.5, 0.6) is 0 Å². The van der Waals surface area contributed by atoms with Gasteiger partial charge in [0.25, 0.3) is 0 Å². The van der Waals surface area contributed by atoms with Gasteiger partial charge in [-0.05, 0) is 33.6 Å². The fourth-order valence-electron chi connectivity index (χ4n) is 2.09. The highest BCUT2D eigenvalue weighted by atomic mass is 16.5. The van der Waals surface area contributed by atoms with Crippen molar-refractivity contribution in [3.05, 3.63) is 0 Å². The third-order valence-corrected chi connectivity index (χ3v) is 2.96. The number of hydrogen-bond acceptors (Lipinski definition) is 4. The minimum absolute atomic E-state index is 0.0601. The molecule has 1 fully saturated rings. The van der Waals surface area contributed by atoms with Crippen LogP contribution in [0.15, 0.2) is 4.99 Å². The standard InChI is InChI=1S/C11H21N3O/c1-8-6-12-10(14-8)13-7-9-4-5-11(2,3)15-9/h8-9H,4-7H2,1-3H3,(H2,12,13,14). The molecule has 2 N–H and O–H groups in total. The fraction of sp³-hybridized carbons (Fsp3) is 0.909. The van der Waals surface area contributed by atoms with Crippen LogP contribution in [0, 0.1) is 0 Å². The molecular formula is C11H21N3O. The summed E-state index contributed by atoms with van der Waals surface area (Å²) < 4.78 is 5.89. The summed E-state index contributed by atoms with van der Waals surface area (Å²) in [5.41, 5.74) is 0.0601. The zero-order valence-electron chi connectivity index (χ0n) is 9.84. The van der Waals surface area contributed by atoms with Crippen molar-refractivity contribution in [2.45, 2.75) is 51.4 Å². The van der Waals surface area contributed by atoms with Crippen molar-refractivity contribution in [1.29, 1.82) is 0 Å². The summed E-state index contributed by atoms with van der Waals surface area (Å²) in [6.45, 7) is 8.18. The van der Waals surface area contributed by atoms with Gasteiger partial charge < -0.3 is 15.4 Å². The zero-order chi connectivity index (χ0) is 10.9. The van der Waals surface area contributed by atoms with Crippen LogP contribution in [-0.4, -0.2) is 36.8 Å². The summed E-state index contributed by atoms with van der Waals surface area (Å²) in [6.07, 6.45) is 2.62. The predicted octanol–water partition coefficient (Wildman–Crippen LogP) is 0.881. The van der Waals surface area contributed by atoms with Gasteiger partial charge in [-0.25, -0.2) is 0 Å². The van der Waals surface area contributed by atoms with Crippen LogP contribution in [0.2, 0.25) is 0 Å². The number of guanidine groups is 1. The van der Waals surface area contributed by atoms with Gasteiger partial charge in [0, 0.05) is 12.6 Å². The van der Waals surface area contributed by atoms with E-state index >= 15 is 0 Å². The second kappa shape index (κ2) is 4.00. The Labute approximate surface area is 91.5 Å². The smallest absolute Gasteiger partial charge is 0.191 e. The van der Waals surface area contributed by atoms with E-state index in [2.05, 4.69) is 36.4 Å². The molecule has 2 rings (SSSR count). The van der Waals surface area contributed by atoms with Gasteiger partial charge in [-0.3, -0.25) is 4.99 Å². The molecule has 0 radical (unpaired) electrons. The lowest BCUT2D eigenvalue weighted by Gasteiger charge is -2.19. The van der Waals surface area contributed by atoms with Crippen molar-refractivity contribution >= 4 is 5.96 Å². The van der Waals surface area contributed by atoms with Gasteiger partial charge in [-0.2, -0.15) is 0 Å². The molecule has 15 heavy (non-hydrogen) atoms. The monoisotopic (exact) mass is 211 g/mol. The molecule has 2 unspecified atom stereocenters. The molecule has 0 spiro atoms. The summed E-state index contributed by atoms with van der Waals surface area (Å²) in [5, 5.41) is 6.59. The molecule has 0 aromatic carbocycles. The minimum atomic E-state index is 0.0601. The Morgan fingerprint density at radius 1 is 1.60 bits per heavy atom. The lowest BCUT2D eigenvalue weighted by molar-refractivity contribution is -0.0126. The van der Waals surface area contributed by atoms with Gasteiger partial charge in [-0.15, -0.1) is 0 Å². The van der Waals surface area contributed by atoms with Gasteiger partial charge >= 0.3 is 0 Å². The van der Waals surface area contributed by atoms with Crippen LogP contribution in [0.4, 0.5) is 0 Å². The Bertz CT molecular complexity index is 263. The van der Waals surface area contributed by atoms with E-state index in [1.165, 1.54) is 0 Å². The van der Waals surface area contributed by atoms with Gasteiger partial charge in [0.1, 0.15) is 0 Å². The Morgan fingerprint density at radius 3 is 2.93 bits per heavy atom. The summed E-state index contributed by atoms with van der Waals surface area (Å²) in [6, 6.07) is 0.466. The van der Waals surface area contributed by atoms with Crippen molar-refractivity contribution in [3.8, 4) is 0 Å². The lowest BCUT2D eigenvalue weighted by atomic mass is 10.1. The number of rotatable bonds is 2. The van der Waals surface area contributed by atoms with Gasteiger partial charge in [0.05, 0.1) is 18.2 Å². The lowest BCUT2D eigenvalue weighted by Crippen LogP contribution is -2.41. The normalized spacial score (nSPS) is 33.7. The van der Waals surface area contributed by atoms with Crippen molar-refractivity contribution in [2.24, 2.45) is 4.99 Å². The van der Waals surface area contributed by atoms with Crippen molar-refractivity contribution in [3.63, 3.8) is 0 Å². The molecule has 0 bridgehead atoms. The Balaban J connectivity index is 1.71. The Kier molecular flexibility index (Phi) is 2.87. The maximum atomic E-state index is 5.89. The molecule has 2 atom stereocenters. The molecule has 4 nitrogen and oxygen atoms in total. The predicted molar refractivity (Wildman–Crippen MR) is 61.1 cm³/mol. The number of aliphatic imine (C=N–C) groups is 1. The van der Waals surface area contributed by atoms with Crippen LogP contribution < -0.4 is 10.6 Å². The highest BCUT2D eigenvalue weighted by molar-refractivity contribution is 5.81. The van der Waals surface area contributed by atoms with E-state index in [9.17, 15) is 0 Å². The van der Waals surface area contributed by atoms with Crippen LogP contribution >= 0.6 is 0 Å². The molecule has 1 saturated heterocycles. The highest BCUT2D eigenvalue weighted by Crippen LogP contribution is 2.28. The summed E-state index contributed by atoms with van der Waals surface area (Å²) in [7, 11) is 0. The Morgan fingerprint density at radius 2 is 2.40 bits per heavy atom. The molecule has 0 saturated carbocycles. The molecule has 0 amide bonds. The maximum Gasteiger partial charge on any atom is 0.191 e. The molecule has 0 aliphatic carbocycles. The second-order valence-corrected chi connectivity index (χ2v) is 5.15. The number of hydrogen-bond donors (Lipinski definition) is 2. The second-order valence-electron chi connectivity index (χ2n) is 5.15. The third-order valence-electron chi connectivity index (χ3n) is 2.96. The number of nitrogens with one attached hydrogen (secondary N) is 2. The maximum absolute atomic E-state index is 5.89. The molecule has 86 valence electrons. The molecule has 2 heterocycles. The first kappa shape index (κ1) is 10.7. The SMILES string of the molecule is CC1CN=C(NCC2CCC(C)(C)O2)N1. The molecule has 0 aromatic rings. The van der Waals surface area contributed by atoms with E-state index in [-0.39, 0.29) is 5.60 Å². The summed E-state index contributed by atoms with van der Waals surface area (Å²) in [5.74, 6) is 0.927. The van der Waals surface area contributed by atoms with E-state index in [0.717, 1.165) is 31.9 Å².